The van der Waals surface area contributed by atoms with Crippen LogP contribution >= 0.6 is 0 Å². The maximum Gasteiger partial charge on any atom is 0.0559 e. The zero-order chi connectivity index (χ0) is 18.4. The molecule has 134 valence electrons. The van der Waals surface area contributed by atoms with Crippen molar-refractivity contribution in [3.05, 3.63) is 72.4 Å². The van der Waals surface area contributed by atoms with Gasteiger partial charge in [0, 0.05) is 23.5 Å². The van der Waals surface area contributed by atoms with Crippen molar-refractivity contribution in [3.8, 4) is 0 Å². The van der Waals surface area contributed by atoms with Crippen LogP contribution in [0.15, 0.2) is 66.7 Å². The summed E-state index contributed by atoms with van der Waals surface area (Å²) in [5.74, 6) is 0. The number of rotatable bonds is 4. The van der Waals surface area contributed by atoms with E-state index in [9.17, 15) is 0 Å². The van der Waals surface area contributed by atoms with Crippen molar-refractivity contribution in [2.45, 2.75) is 32.6 Å². The minimum Gasteiger partial charge on any atom is -0.347 e. The molecule has 0 amide bonds. The van der Waals surface area contributed by atoms with Crippen LogP contribution in [0.25, 0.3) is 43.2 Å². The zero-order valence-corrected chi connectivity index (χ0v) is 16.1. The van der Waals surface area contributed by atoms with Gasteiger partial charge in [0.25, 0.3) is 0 Å². The standard InChI is InChI=1S/C26H25N/c1-3-4-5-10-22-16-21-12-13-23-24(26(21)27(22)2)14-11-20-15-18-8-6-7-9-19(18)17-25(20)23/h6-9,11-17H,3-5,10H2,1-2H3. The SMILES string of the molecule is CCCCCc1cc2ccc3c4cc5ccccc5cc4ccc3c2n1C. The molecule has 0 aliphatic carbocycles. The van der Waals surface area contributed by atoms with Crippen LogP contribution in [0.2, 0.25) is 0 Å². The average Bonchev–Trinajstić information content (AvgIpc) is 3.02. The van der Waals surface area contributed by atoms with Gasteiger partial charge in [-0.05, 0) is 58.0 Å². The largest absolute Gasteiger partial charge is 0.347 e. The molecule has 5 aromatic rings. The highest BCUT2D eigenvalue weighted by Gasteiger charge is 2.11. The lowest BCUT2D eigenvalue weighted by Gasteiger charge is -2.10. The molecule has 4 aromatic carbocycles. The molecule has 1 heterocycles. The lowest BCUT2D eigenvalue weighted by Crippen LogP contribution is -1.96. The number of hydrogen-bond donors (Lipinski definition) is 0. The van der Waals surface area contributed by atoms with E-state index < -0.39 is 0 Å². The summed E-state index contributed by atoms with van der Waals surface area (Å²) in [5, 5.41) is 9.36. The highest BCUT2D eigenvalue weighted by atomic mass is 14.9. The predicted octanol–water partition coefficient (Wildman–Crippen LogP) is 7.37. The summed E-state index contributed by atoms with van der Waals surface area (Å²) in [4.78, 5) is 0. The van der Waals surface area contributed by atoms with E-state index >= 15 is 0 Å². The van der Waals surface area contributed by atoms with E-state index in [1.54, 1.807) is 0 Å². The van der Waals surface area contributed by atoms with E-state index in [2.05, 4.69) is 85.3 Å². The van der Waals surface area contributed by atoms with Crippen molar-refractivity contribution in [2.24, 2.45) is 7.05 Å². The Morgan fingerprint density at radius 1 is 0.667 bits per heavy atom. The monoisotopic (exact) mass is 351 g/mol. The van der Waals surface area contributed by atoms with Crippen molar-refractivity contribution in [3.63, 3.8) is 0 Å². The first-order valence-electron chi connectivity index (χ1n) is 10.1. The van der Waals surface area contributed by atoms with Gasteiger partial charge in [-0.3, -0.25) is 0 Å². The second kappa shape index (κ2) is 6.42. The van der Waals surface area contributed by atoms with Gasteiger partial charge in [0.05, 0.1) is 5.52 Å². The third kappa shape index (κ3) is 2.61. The molecule has 0 fully saturated rings. The van der Waals surface area contributed by atoms with Gasteiger partial charge in [0.2, 0.25) is 0 Å². The van der Waals surface area contributed by atoms with Crippen LogP contribution in [0.5, 0.6) is 0 Å². The van der Waals surface area contributed by atoms with Gasteiger partial charge in [0.1, 0.15) is 0 Å². The number of benzene rings is 4. The molecular weight excluding hydrogens is 326 g/mol. The minimum atomic E-state index is 1.17. The fourth-order valence-corrected chi connectivity index (χ4v) is 4.54. The molecule has 0 unspecified atom stereocenters. The number of unbranched alkanes of at least 4 members (excludes halogenated alkanes) is 2. The lowest BCUT2D eigenvalue weighted by atomic mass is 9.97. The van der Waals surface area contributed by atoms with Crippen LogP contribution < -0.4 is 0 Å². The highest BCUT2D eigenvalue weighted by Crippen LogP contribution is 2.34. The molecule has 1 aromatic heterocycles. The first-order chi connectivity index (χ1) is 13.3. The van der Waals surface area contributed by atoms with Crippen molar-refractivity contribution in [1.82, 2.24) is 4.57 Å². The molecule has 0 saturated heterocycles. The fraction of sp³-hybridized carbons (Fsp3) is 0.231. The summed E-state index contributed by atoms with van der Waals surface area (Å²) >= 11 is 0. The summed E-state index contributed by atoms with van der Waals surface area (Å²) in [6, 6.07) is 24.9. The summed E-state index contributed by atoms with van der Waals surface area (Å²) in [7, 11) is 2.23. The molecule has 0 radical (unpaired) electrons. The van der Waals surface area contributed by atoms with Gasteiger partial charge in [-0.1, -0.05) is 68.3 Å². The molecule has 0 bridgehead atoms. The Bertz CT molecular complexity index is 1290. The van der Waals surface area contributed by atoms with E-state index in [0.29, 0.717) is 0 Å². The number of aryl methyl sites for hydroxylation is 2. The van der Waals surface area contributed by atoms with Gasteiger partial charge >= 0.3 is 0 Å². The maximum absolute atomic E-state index is 2.42. The Hall–Kier alpha value is -2.80. The zero-order valence-electron chi connectivity index (χ0n) is 16.1. The summed E-state index contributed by atoms with van der Waals surface area (Å²) in [6.45, 7) is 2.27. The van der Waals surface area contributed by atoms with E-state index in [4.69, 9.17) is 0 Å². The number of hydrogen-bond acceptors (Lipinski definition) is 0. The molecule has 1 nitrogen and oxygen atoms in total. The van der Waals surface area contributed by atoms with Gasteiger partial charge < -0.3 is 4.57 Å². The highest BCUT2D eigenvalue weighted by molar-refractivity contribution is 6.18. The normalized spacial score (nSPS) is 11.9. The Balaban J connectivity index is 1.77. The fourth-order valence-electron chi connectivity index (χ4n) is 4.54. The van der Waals surface area contributed by atoms with Crippen LogP contribution in [-0.4, -0.2) is 4.57 Å². The summed E-state index contributed by atoms with van der Waals surface area (Å²) < 4.78 is 2.42. The van der Waals surface area contributed by atoms with E-state index in [0.717, 1.165) is 0 Å². The first kappa shape index (κ1) is 16.4. The molecule has 1 heteroatoms. The van der Waals surface area contributed by atoms with Crippen LogP contribution in [0, 0.1) is 0 Å². The smallest absolute Gasteiger partial charge is 0.0559 e. The molecular formula is C26H25N. The van der Waals surface area contributed by atoms with Crippen LogP contribution in [0.3, 0.4) is 0 Å². The Morgan fingerprint density at radius 2 is 1.41 bits per heavy atom. The molecule has 0 aliphatic rings. The Morgan fingerprint density at radius 3 is 2.22 bits per heavy atom. The quantitative estimate of drug-likeness (QED) is 0.181. The van der Waals surface area contributed by atoms with Crippen LogP contribution in [-0.2, 0) is 13.5 Å². The second-order valence-electron chi connectivity index (χ2n) is 7.74. The van der Waals surface area contributed by atoms with Gasteiger partial charge in [-0.15, -0.1) is 0 Å². The molecule has 5 rings (SSSR count). The topological polar surface area (TPSA) is 4.93 Å². The van der Waals surface area contributed by atoms with Crippen molar-refractivity contribution in [1.29, 1.82) is 0 Å². The third-order valence-corrected chi connectivity index (χ3v) is 6.01. The van der Waals surface area contributed by atoms with E-state index in [1.807, 2.05) is 0 Å². The number of nitrogens with zero attached hydrogens (tertiary/aromatic N) is 1. The molecule has 0 atom stereocenters. The number of fused-ring (bicyclic) bond motifs is 6. The van der Waals surface area contributed by atoms with Crippen LogP contribution in [0.4, 0.5) is 0 Å². The van der Waals surface area contributed by atoms with Crippen molar-refractivity contribution in [2.75, 3.05) is 0 Å². The van der Waals surface area contributed by atoms with Gasteiger partial charge in [-0.25, -0.2) is 0 Å². The van der Waals surface area contributed by atoms with Crippen LogP contribution in [0.1, 0.15) is 31.9 Å². The maximum atomic E-state index is 2.42. The van der Waals surface area contributed by atoms with Gasteiger partial charge in [0.15, 0.2) is 0 Å². The first-order valence-corrected chi connectivity index (χ1v) is 10.1. The molecule has 0 aliphatic heterocycles. The molecule has 0 saturated carbocycles. The predicted molar refractivity (Wildman–Crippen MR) is 119 cm³/mol. The summed E-state index contributed by atoms with van der Waals surface area (Å²) in [6.07, 6.45) is 5.01. The second-order valence-corrected chi connectivity index (χ2v) is 7.74. The Labute approximate surface area is 160 Å². The molecule has 0 N–H and O–H groups in total. The Kier molecular flexibility index (Phi) is 3.89. The van der Waals surface area contributed by atoms with E-state index in [-0.39, 0.29) is 0 Å². The average molecular weight is 351 g/mol. The number of aromatic nitrogens is 1. The van der Waals surface area contributed by atoms with Crippen molar-refractivity contribution < 1.29 is 0 Å². The third-order valence-electron chi connectivity index (χ3n) is 6.01. The summed E-state index contributed by atoms with van der Waals surface area (Å²) in [5.41, 5.74) is 2.82. The van der Waals surface area contributed by atoms with E-state index in [1.165, 1.54) is 74.6 Å². The van der Waals surface area contributed by atoms with Gasteiger partial charge in [-0.2, -0.15) is 0 Å². The molecule has 0 spiro atoms. The lowest BCUT2D eigenvalue weighted by molar-refractivity contribution is 0.690. The van der Waals surface area contributed by atoms with Crippen molar-refractivity contribution >= 4 is 43.2 Å². The minimum absolute atomic E-state index is 1.17. The molecule has 27 heavy (non-hydrogen) atoms.